The molecule has 19 heavy (non-hydrogen) atoms. The first-order chi connectivity index (χ1) is 8.90. The lowest BCUT2D eigenvalue weighted by molar-refractivity contribution is -0.137. The molecule has 1 aliphatic rings. The first kappa shape index (κ1) is 13.7. The Hall–Kier alpha value is -1.74. The molecule has 0 unspecified atom stereocenters. The van der Waals surface area contributed by atoms with Gasteiger partial charge in [-0.1, -0.05) is 0 Å². The molecule has 0 heterocycles. The van der Waals surface area contributed by atoms with Crippen molar-refractivity contribution in [2.45, 2.75) is 31.0 Å². The zero-order valence-electron chi connectivity index (χ0n) is 10.1. The minimum atomic E-state index is -4.56. The molecular weight excluding hydrogens is 257 g/mol. The molecule has 3 nitrogen and oxygen atoms in total. The Bertz CT molecular complexity index is 510. The van der Waals surface area contributed by atoms with Crippen LogP contribution in [0.4, 0.5) is 18.9 Å². The fourth-order valence-corrected chi connectivity index (χ4v) is 2.19. The molecule has 1 aromatic rings. The van der Waals surface area contributed by atoms with Gasteiger partial charge >= 0.3 is 6.18 Å². The number of hydrogen-bond donors (Lipinski definition) is 2. The van der Waals surface area contributed by atoms with Crippen molar-refractivity contribution in [3.8, 4) is 6.07 Å². The van der Waals surface area contributed by atoms with E-state index in [0.717, 1.165) is 31.4 Å². The second-order valence-corrected chi connectivity index (χ2v) is 4.79. The summed E-state index contributed by atoms with van der Waals surface area (Å²) in [5.41, 5.74) is -1.59. The molecule has 0 spiro atoms. The van der Waals surface area contributed by atoms with Gasteiger partial charge < -0.3 is 10.4 Å². The molecule has 1 aliphatic carbocycles. The van der Waals surface area contributed by atoms with E-state index < -0.39 is 22.8 Å². The zero-order chi connectivity index (χ0) is 14.1. The first-order valence-electron chi connectivity index (χ1n) is 5.91. The average molecular weight is 270 g/mol. The molecule has 6 heteroatoms. The Morgan fingerprint density at radius 3 is 2.47 bits per heavy atom. The van der Waals surface area contributed by atoms with Crippen molar-refractivity contribution in [2.24, 2.45) is 0 Å². The maximum absolute atomic E-state index is 12.8. The van der Waals surface area contributed by atoms with Crippen LogP contribution in [0.3, 0.4) is 0 Å². The van der Waals surface area contributed by atoms with Crippen molar-refractivity contribution in [2.75, 3.05) is 11.9 Å². The monoisotopic (exact) mass is 270 g/mol. The van der Waals surface area contributed by atoms with Crippen LogP contribution in [0, 0.1) is 11.3 Å². The number of aliphatic hydroxyl groups is 1. The van der Waals surface area contributed by atoms with E-state index in [1.165, 1.54) is 12.1 Å². The van der Waals surface area contributed by atoms with Gasteiger partial charge in [0, 0.05) is 5.69 Å². The van der Waals surface area contributed by atoms with Gasteiger partial charge in [-0.05, 0) is 37.5 Å². The summed E-state index contributed by atoms with van der Waals surface area (Å²) in [5, 5.41) is 20.9. The summed E-state index contributed by atoms with van der Waals surface area (Å²) in [4.78, 5) is 0. The number of halogens is 3. The van der Waals surface area contributed by atoms with Gasteiger partial charge in [-0.15, -0.1) is 0 Å². The van der Waals surface area contributed by atoms with E-state index in [1.54, 1.807) is 0 Å². The van der Waals surface area contributed by atoms with Crippen LogP contribution in [0.2, 0.25) is 0 Å². The van der Waals surface area contributed by atoms with Crippen molar-refractivity contribution < 1.29 is 18.3 Å². The third kappa shape index (κ3) is 2.66. The normalized spacial score (nSPS) is 17.4. The van der Waals surface area contributed by atoms with Crippen molar-refractivity contribution >= 4 is 5.69 Å². The van der Waals surface area contributed by atoms with Crippen molar-refractivity contribution in [1.82, 2.24) is 0 Å². The van der Waals surface area contributed by atoms with E-state index >= 15 is 0 Å². The lowest BCUT2D eigenvalue weighted by Gasteiger charge is -2.42. The Labute approximate surface area is 108 Å². The number of benzene rings is 1. The van der Waals surface area contributed by atoms with Crippen LogP contribution in [-0.4, -0.2) is 17.3 Å². The van der Waals surface area contributed by atoms with Crippen LogP contribution < -0.4 is 5.32 Å². The number of alkyl halides is 3. The summed E-state index contributed by atoms with van der Waals surface area (Å²) < 4.78 is 38.4. The summed E-state index contributed by atoms with van der Waals surface area (Å²) in [6, 6.07) is 5.04. The second-order valence-electron chi connectivity index (χ2n) is 4.79. The largest absolute Gasteiger partial charge is 0.417 e. The maximum Gasteiger partial charge on any atom is 0.417 e. The Kier molecular flexibility index (Phi) is 3.42. The predicted molar refractivity (Wildman–Crippen MR) is 63.4 cm³/mol. The molecule has 2 N–H and O–H groups in total. The summed E-state index contributed by atoms with van der Waals surface area (Å²) in [6.07, 6.45) is -2.17. The van der Waals surface area contributed by atoms with Crippen molar-refractivity contribution in [3.63, 3.8) is 0 Å². The molecule has 2 rings (SSSR count). The highest BCUT2D eigenvalue weighted by molar-refractivity contribution is 5.54. The average Bonchev–Trinajstić information content (AvgIpc) is 2.32. The van der Waals surface area contributed by atoms with Gasteiger partial charge in [-0.2, -0.15) is 18.4 Å². The lowest BCUT2D eigenvalue weighted by Crippen LogP contribution is -2.48. The number of nitrogens with one attached hydrogen (secondary N) is 1. The molecule has 0 radical (unpaired) electrons. The van der Waals surface area contributed by atoms with Crippen LogP contribution in [0.25, 0.3) is 0 Å². The number of aliphatic hydroxyl groups excluding tert-OH is 1. The summed E-state index contributed by atoms with van der Waals surface area (Å²) in [6.45, 7) is -0.117. The predicted octanol–water partition coefficient (Wildman–Crippen LogP) is 2.90. The number of rotatable bonds is 3. The van der Waals surface area contributed by atoms with Gasteiger partial charge in [0.25, 0.3) is 0 Å². The topological polar surface area (TPSA) is 56.0 Å². The molecule has 1 saturated carbocycles. The Morgan fingerprint density at radius 2 is 2.05 bits per heavy atom. The summed E-state index contributed by atoms with van der Waals surface area (Å²) >= 11 is 0. The Morgan fingerprint density at radius 1 is 1.37 bits per heavy atom. The molecule has 0 bridgehead atoms. The number of nitrogens with zero attached hydrogens (tertiary/aromatic N) is 1. The van der Waals surface area contributed by atoms with E-state index in [4.69, 9.17) is 5.26 Å². The Balaban J connectivity index is 2.31. The molecular formula is C13H13F3N2O. The highest BCUT2D eigenvalue weighted by Gasteiger charge is 2.38. The van der Waals surface area contributed by atoms with Crippen LogP contribution in [0.1, 0.15) is 30.4 Å². The molecule has 0 atom stereocenters. The van der Waals surface area contributed by atoms with Crippen LogP contribution in [-0.2, 0) is 6.18 Å². The van der Waals surface area contributed by atoms with E-state index in [2.05, 4.69) is 5.32 Å². The van der Waals surface area contributed by atoms with E-state index in [0.29, 0.717) is 0 Å². The van der Waals surface area contributed by atoms with Gasteiger partial charge in [0.1, 0.15) is 0 Å². The van der Waals surface area contributed by atoms with Crippen molar-refractivity contribution in [1.29, 1.82) is 5.26 Å². The van der Waals surface area contributed by atoms with Gasteiger partial charge in [0.2, 0.25) is 0 Å². The molecule has 1 fully saturated rings. The number of hydrogen-bond acceptors (Lipinski definition) is 3. The smallest absolute Gasteiger partial charge is 0.394 e. The van der Waals surface area contributed by atoms with Gasteiger partial charge in [-0.25, -0.2) is 0 Å². The van der Waals surface area contributed by atoms with Crippen LogP contribution >= 0.6 is 0 Å². The number of anilines is 1. The molecule has 1 aromatic carbocycles. The van der Waals surface area contributed by atoms with E-state index in [9.17, 15) is 18.3 Å². The third-order valence-electron chi connectivity index (χ3n) is 3.47. The van der Waals surface area contributed by atoms with Crippen LogP contribution in [0.15, 0.2) is 18.2 Å². The quantitative estimate of drug-likeness (QED) is 0.888. The minimum Gasteiger partial charge on any atom is -0.394 e. The lowest BCUT2D eigenvalue weighted by atomic mass is 9.77. The molecule has 0 aromatic heterocycles. The number of nitriles is 1. The summed E-state index contributed by atoms with van der Waals surface area (Å²) in [7, 11) is 0. The molecule has 102 valence electrons. The van der Waals surface area contributed by atoms with Gasteiger partial charge in [0.15, 0.2) is 0 Å². The van der Waals surface area contributed by atoms with Gasteiger partial charge in [0.05, 0.1) is 29.3 Å². The summed E-state index contributed by atoms with van der Waals surface area (Å²) in [5.74, 6) is 0. The van der Waals surface area contributed by atoms with Crippen LogP contribution in [0.5, 0.6) is 0 Å². The second kappa shape index (κ2) is 4.74. The zero-order valence-corrected chi connectivity index (χ0v) is 10.1. The fraction of sp³-hybridized carbons (Fsp3) is 0.462. The third-order valence-corrected chi connectivity index (χ3v) is 3.47. The first-order valence-corrected chi connectivity index (χ1v) is 5.91. The molecule has 0 saturated heterocycles. The van der Waals surface area contributed by atoms with Gasteiger partial charge in [-0.3, -0.25) is 0 Å². The van der Waals surface area contributed by atoms with E-state index in [-0.39, 0.29) is 12.3 Å². The highest BCUT2D eigenvalue weighted by atomic mass is 19.4. The minimum absolute atomic E-state index is 0.117. The standard InChI is InChI=1S/C13H13F3N2O/c14-13(15,16)11-6-10(3-2-9(11)7-17)18-12(8-19)4-1-5-12/h2-3,6,18-19H,1,4-5,8H2. The molecule has 0 amide bonds. The molecule has 0 aliphatic heterocycles. The van der Waals surface area contributed by atoms with E-state index in [1.807, 2.05) is 0 Å². The highest BCUT2D eigenvalue weighted by Crippen LogP contribution is 2.37. The maximum atomic E-state index is 12.8. The fourth-order valence-electron chi connectivity index (χ4n) is 2.19. The van der Waals surface area contributed by atoms with Crippen molar-refractivity contribution in [3.05, 3.63) is 29.3 Å². The SMILES string of the molecule is N#Cc1ccc(NC2(CO)CCC2)cc1C(F)(F)F.